The number of para-hydroxylation sites is 2. The fourth-order valence-corrected chi connectivity index (χ4v) is 16.7. The zero-order valence-corrected chi connectivity index (χ0v) is 74.6. The van der Waals surface area contributed by atoms with E-state index in [0.717, 1.165) is 36.3 Å². The maximum atomic E-state index is 15.6. The van der Waals surface area contributed by atoms with Crippen LogP contribution in [0.5, 0.6) is 5.75 Å². The molecule has 3 saturated heterocycles. The molecule has 23 N–H and O–H groups in total. The van der Waals surface area contributed by atoms with Crippen molar-refractivity contribution in [3.63, 3.8) is 0 Å². The predicted octanol–water partition coefficient (Wildman–Crippen LogP) is -5.57. The van der Waals surface area contributed by atoms with E-state index in [-0.39, 0.29) is 69.5 Å². The van der Waals surface area contributed by atoms with Crippen LogP contribution in [0.15, 0.2) is 97.7 Å². The van der Waals surface area contributed by atoms with Crippen molar-refractivity contribution in [2.75, 3.05) is 79.2 Å². The van der Waals surface area contributed by atoms with Crippen molar-refractivity contribution in [3.8, 4) is 5.75 Å². The van der Waals surface area contributed by atoms with Gasteiger partial charge in [-0.05, 0) is 73.6 Å². The van der Waals surface area contributed by atoms with Crippen LogP contribution in [-0.4, -0.2) is 341 Å². The number of aliphatic carboxylic acids is 1. The highest BCUT2D eigenvalue weighted by atomic mass is 32.2. The first kappa shape index (κ1) is 102. The van der Waals surface area contributed by atoms with Crippen LogP contribution in [0.4, 0.5) is 0 Å². The highest BCUT2D eigenvalue weighted by Gasteiger charge is 2.47. The quantitative estimate of drug-likeness (QED) is 0.0269. The second-order valence-corrected chi connectivity index (χ2v) is 33.7. The Morgan fingerprint density at radius 1 is 0.576 bits per heavy atom. The summed E-state index contributed by atoms with van der Waals surface area (Å²) in [5.74, 6) is -20.2. The number of hydrogen-bond donors (Lipinski definition) is 20. The van der Waals surface area contributed by atoms with Gasteiger partial charge in [0.05, 0.1) is 43.5 Å². The molecule has 3 aromatic heterocycles. The minimum atomic E-state index is -1.94. The molecule has 0 saturated carbocycles. The predicted molar refractivity (Wildman–Crippen MR) is 474 cm³/mol. The first-order valence-electron chi connectivity index (χ1n) is 43.0. The van der Waals surface area contributed by atoms with Gasteiger partial charge in [0, 0.05) is 146 Å². The van der Waals surface area contributed by atoms with E-state index in [1.54, 1.807) is 60.9 Å². The number of phenolic OH excluding ortho intramolecular Hbond substituents is 1. The molecule has 0 radical (unpaired) electrons. The third-order valence-corrected chi connectivity index (χ3v) is 24.3. The number of carbonyl (C=O) groups excluding carboxylic acids is 17. The van der Waals surface area contributed by atoms with Crippen molar-refractivity contribution in [3.05, 3.63) is 120 Å². The number of benzene rings is 3. The number of methoxy groups -OCH3 is 1. The lowest BCUT2D eigenvalue weighted by Gasteiger charge is -2.36. The van der Waals surface area contributed by atoms with E-state index in [1.165, 1.54) is 72.0 Å². The number of carbonyl (C=O) groups is 18. The zero-order chi connectivity index (χ0) is 96.3. The number of phenols is 1. The minimum Gasteiger partial charge on any atom is -0.508 e. The van der Waals surface area contributed by atoms with Gasteiger partial charge in [0.2, 0.25) is 100 Å². The van der Waals surface area contributed by atoms with Crippen molar-refractivity contribution >= 4 is 140 Å². The molecule has 46 heteroatoms. The van der Waals surface area contributed by atoms with Crippen LogP contribution in [0.1, 0.15) is 100 Å². The van der Waals surface area contributed by atoms with E-state index in [0.29, 0.717) is 51.3 Å². The Morgan fingerprint density at radius 3 is 1.73 bits per heavy atom. The summed E-state index contributed by atoms with van der Waals surface area (Å²) in [5.41, 5.74) is 19.8. The number of nitrogens with two attached hydrogens (primary N) is 3. The van der Waals surface area contributed by atoms with Gasteiger partial charge < -0.3 is 135 Å². The Labute approximate surface area is 762 Å². The van der Waals surface area contributed by atoms with Crippen molar-refractivity contribution in [1.82, 2.24) is 97.6 Å². The van der Waals surface area contributed by atoms with Crippen molar-refractivity contribution in [1.29, 1.82) is 0 Å². The van der Waals surface area contributed by atoms with Crippen molar-refractivity contribution in [2.45, 2.75) is 194 Å². The number of nitrogens with one attached hydrogen (secondary N) is 13. The molecule has 17 amide bonds. The number of aromatic hydroxyl groups is 1. The number of ether oxygens (including phenoxy) is 1. The molecule has 0 unspecified atom stereocenters. The van der Waals surface area contributed by atoms with E-state index in [2.05, 4.69) is 73.1 Å². The van der Waals surface area contributed by atoms with Gasteiger partial charge in [-0.15, -0.1) is 11.8 Å². The number of aliphatic hydroxyl groups is 2. The maximum Gasteiger partial charge on any atom is 0.305 e. The van der Waals surface area contributed by atoms with E-state index >= 15 is 33.6 Å². The largest absolute Gasteiger partial charge is 0.508 e. The minimum absolute atomic E-state index is 0.0504. The Balaban J connectivity index is 1.09. The average molecular weight is 1860 g/mol. The van der Waals surface area contributed by atoms with Crippen LogP contribution in [0.25, 0.3) is 21.8 Å². The van der Waals surface area contributed by atoms with Crippen LogP contribution >= 0.6 is 11.8 Å². The molecular weight excluding hydrogens is 1740 g/mol. The maximum absolute atomic E-state index is 15.6. The number of aromatic nitrogens is 4. The summed E-state index contributed by atoms with van der Waals surface area (Å²) in [5, 5.41) is 69.5. The number of hydrogen-bond acceptors (Lipinski definition) is 25. The lowest BCUT2D eigenvalue weighted by Crippen LogP contribution is -2.62. The third kappa shape index (κ3) is 27.5. The lowest BCUT2D eigenvalue weighted by molar-refractivity contribution is -0.149. The normalized spacial score (nSPS) is 25.0. The molecule has 132 heavy (non-hydrogen) atoms. The Morgan fingerprint density at radius 2 is 1.13 bits per heavy atom. The SMILES string of the molecule is CCCC[C@H]1C(=O)N(C)[C@@H](CCOC)C(=O)N[C@@H](CN)C(=O)N[C@H](C(=O)NCC(N)=O)CSCC(=O)N[C@@H](Cc2ccc(O)cc2)C(=O)N(C)[C@@H](C)C(=O)N[C@H](CC(=O)O)C(=O)N2CCC[C@H]2C(=O)N[C@@H](Cc2c[nH]cn2)C(=O)N[C@@H](CCC(N)=O)C(=O)N2C[C@H](O)C[C@H]2C(=O)N[C@@H](Cc2c[nH]c3ccccc23)C(=O)N[C@@H](CO)C(=O)N[C@@H](Cc2c[nH]c3ccccc23)C(=O)N1C. The number of nitrogens with zero attached hydrogens (tertiary/aromatic N) is 6. The number of rotatable bonds is 24. The second-order valence-electron chi connectivity index (χ2n) is 32.7. The van der Waals surface area contributed by atoms with Gasteiger partial charge in [-0.2, -0.15) is 0 Å². The first-order valence-corrected chi connectivity index (χ1v) is 44.2. The summed E-state index contributed by atoms with van der Waals surface area (Å²) in [6.07, 6.45) is 0.683. The molecule has 3 fully saturated rings. The summed E-state index contributed by atoms with van der Waals surface area (Å²) < 4.78 is 5.38. The number of unbranched alkanes of at least 4 members (excludes halogenated alkanes) is 1. The molecule has 6 heterocycles. The molecule has 45 nitrogen and oxygen atoms in total. The molecule has 0 spiro atoms. The topological polar surface area (TPSA) is 672 Å². The van der Waals surface area contributed by atoms with E-state index in [4.69, 9.17) is 21.9 Å². The van der Waals surface area contributed by atoms with Gasteiger partial charge in [0.1, 0.15) is 90.3 Å². The lowest BCUT2D eigenvalue weighted by atomic mass is 10.0. The number of thioether (sulfide) groups is 1. The Bertz CT molecular complexity index is 5150. The molecule has 3 aromatic carbocycles. The number of aliphatic hydroxyl groups excluding tert-OH is 2. The third-order valence-electron chi connectivity index (χ3n) is 23.3. The summed E-state index contributed by atoms with van der Waals surface area (Å²) in [4.78, 5) is 278. The monoisotopic (exact) mass is 1860 g/mol. The van der Waals surface area contributed by atoms with Crippen LogP contribution in [0.2, 0.25) is 0 Å². The summed E-state index contributed by atoms with van der Waals surface area (Å²) in [7, 11) is 5.04. The van der Waals surface area contributed by atoms with Gasteiger partial charge in [-0.1, -0.05) is 68.3 Å². The summed E-state index contributed by atoms with van der Waals surface area (Å²) in [6.45, 7) is -0.481. The number of likely N-dealkylation sites (N-methyl/N-ethyl adjacent to an activating group) is 3. The molecule has 3 aliphatic heterocycles. The molecule has 6 aromatic rings. The van der Waals surface area contributed by atoms with Crippen LogP contribution in [0.3, 0.4) is 0 Å². The van der Waals surface area contributed by atoms with Gasteiger partial charge in [-0.25, -0.2) is 4.98 Å². The van der Waals surface area contributed by atoms with Gasteiger partial charge in [0.15, 0.2) is 0 Å². The zero-order valence-electron chi connectivity index (χ0n) is 73.8. The standard InChI is InChI=1S/C86H116N22O23S/c1-7-8-18-67-86(130)105(4)65(26-28-131-6)79(123)101-62(35-87)77(121)103-64(74(118)93-39-70(89)113)42-132-43-71(114)95-59(29-46-20-22-50(110)23-21-46)82(126)104(3)45(2)73(117)99-61(34-72(115)116)85(129)107-27-13-19-66(107)80(124)98-58(32-49-38-90-44-94-49)76(120)96-56(24-25-69(88)112)84(128)108-40-51(111)33-68(108)81(125)97-57(30-47-36-91-54-16-11-9-14-52(47)54)75(119)102-63(41-109)78(122)100-60(83(127)106(67)5)31-48-37-92-55-17-12-10-15-53(48)55/h9-12,14-17,20-23,36-38,44-45,51,56-68,91-92,109-111H,7-8,13,18-19,24-35,39-43,87H2,1-6H3,(H2,88,112)(H2,89,113)(H,90,94)(H,93,118)(H,95,114)(H,96,120)(H,97,125)(H,98,124)(H,99,117)(H,100,122)(H,101,123)(H,102,119)(H,103,121)(H,115,116)/t45-,51+,56-,57-,58-,59-,60-,61+,62-,63-,64-,65-,66-,67-,68-/m0/s1. The average Bonchev–Trinajstić information content (AvgIpc) is 1.59. The number of imidazole rings is 1. The number of fused-ring (bicyclic) bond motifs is 4. The van der Waals surface area contributed by atoms with E-state index in [1.807, 2.05) is 6.92 Å². The van der Waals surface area contributed by atoms with Gasteiger partial charge >= 0.3 is 5.97 Å². The van der Waals surface area contributed by atoms with E-state index in [9.17, 15) is 73.2 Å². The van der Waals surface area contributed by atoms with Crippen LogP contribution < -0.4 is 70.4 Å². The first-order chi connectivity index (χ1) is 62.9. The highest BCUT2D eigenvalue weighted by molar-refractivity contribution is 8.00. The molecule has 0 bridgehead atoms. The number of primary amides is 2. The number of H-pyrrole nitrogens is 3. The molecule has 714 valence electrons. The Kier molecular flexibility index (Phi) is 37.4. The summed E-state index contributed by atoms with van der Waals surface area (Å²) >= 11 is 0.723. The number of carboxylic acids is 1. The van der Waals surface area contributed by atoms with Gasteiger partial charge in [0.25, 0.3) is 0 Å². The van der Waals surface area contributed by atoms with Crippen molar-refractivity contribution in [2.24, 2.45) is 17.2 Å². The highest BCUT2D eigenvalue weighted by Crippen LogP contribution is 2.28. The molecular formula is C86H116N22O23S. The number of aromatic amines is 3. The fourth-order valence-electron chi connectivity index (χ4n) is 15.9. The fraction of sp³-hybridized carbons (Fsp3) is 0.500. The number of carboxylic acid groups (broad SMARTS) is 1. The number of amides is 17. The van der Waals surface area contributed by atoms with E-state index < -0.39 is 267 Å². The van der Waals surface area contributed by atoms with Crippen LogP contribution in [0, 0.1) is 0 Å². The second kappa shape index (κ2) is 48.3. The van der Waals surface area contributed by atoms with Gasteiger partial charge in [-0.3, -0.25) is 86.3 Å². The molecule has 0 aliphatic carbocycles. The summed E-state index contributed by atoms with van der Waals surface area (Å²) in [6, 6.07) is -4.01. The Hall–Kier alpha value is -13.6. The molecule has 15 atom stereocenters. The molecule has 3 aliphatic rings. The molecule has 9 rings (SSSR count). The van der Waals surface area contributed by atoms with Crippen LogP contribution in [-0.2, 0) is 117 Å². The van der Waals surface area contributed by atoms with Crippen molar-refractivity contribution < 1.29 is 111 Å². The smallest absolute Gasteiger partial charge is 0.305 e.